The molecule has 1 fully saturated rings. The second-order valence-electron chi connectivity index (χ2n) is 8.64. The normalized spacial score (nSPS) is 16.6. The van der Waals surface area contributed by atoms with Crippen molar-refractivity contribution in [2.45, 2.75) is 57.4 Å². The number of aromatic nitrogens is 2. The lowest BCUT2D eigenvalue weighted by Gasteiger charge is -2.32. The standard InChI is InChI=1S/C24H30N4O3/c1-27-16-20(15-25-27)24(31)26-21-10-12-28(13-11-21)23(30)9-8-22(29)19-7-6-17-4-2-3-5-18(17)14-19/h6-7,14-16,21H,2-5,8-13H2,1H3,(H,26,31). The summed E-state index contributed by atoms with van der Waals surface area (Å²) in [5.74, 6) is -0.0720. The van der Waals surface area contributed by atoms with E-state index in [9.17, 15) is 14.4 Å². The number of hydrogen-bond donors (Lipinski definition) is 1. The van der Waals surface area contributed by atoms with Crippen molar-refractivity contribution >= 4 is 17.6 Å². The van der Waals surface area contributed by atoms with E-state index in [0.717, 1.165) is 31.2 Å². The van der Waals surface area contributed by atoms with E-state index >= 15 is 0 Å². The van der Waals surface area contributed by atoms with Crippen molar-refractivity contribution in [2.75, 3.05) is 13.1 Å². The Hall–Kier alpha value is -2.96. The summed E-state index contributed by atoms with van der Waals surface area (Å²) in [4.78, 5) is 39.3. The second-order valence-corrected chi connectivity index (χ2v) is 8.64. The van der Waals surface area contributed by atoms with E-state index in [4.69, 9.17) is 0 Å². The zero-order chi connectivity index (χ0) is 21.8. The molecule has 1 aliphatic heterocycles. The van der Waals surface area contributed by atoms with Gasteiger partial charge in [0.15, 0.2) is 5.78 Å². The van der Waals surface area contributed by atoms with Gasteiger partial charge in [-0.2, -0.15) is 5.10 Å². The van der Waals surface area contributed by atoms with Crippen LogP contribution in [0.15, 0.2) is 30.6 Å². The number of piperidine rings is 1. The molecule has 1 aromatic carbocycles. The molecule has 2 amide bonds. The molecule has 0 bridgehead atoms. The first-order valence-electron chi connectivity index (χ1n) is 11.2. The number of benzene rings is 1. The number of carbonyl (C=O) groups is 3. The molecule has 1 aliphatic carbocycles. The number of likely N-dealkylation sites (tertiary alicyclic amines) is 1. The van der Waals surface area contributed by atoms with Crippen molar-refractivity contribution in [3.8, 4) is 0 Å². The van der Waals surface area contributed by atoms with Crippen molar-refractivity contribution in [1.82, 2.24) is 20.0 Å². The molecule has 0 spiro atoms. The van der Waals surface area contributed by atoms with Gasteiger partial charge in [0, 0.05) is 50.8 Å². The molecule has 1 N–H and O–H groups in total. The molecule has 0 unspecified atom stereocenters. The third kappa shape index (κ3) is 5.21. The number of nitrogens with zero attached hydrogens (tertiary/aromatic N) is 3. The molecule has 31 heavy (non-hydrogen) atoms. The summed E-state index contributed by atoms with van der Waals surface area (Å²) in [6, 6.07) is 6.06. The predicted molar refractivity (Wildman–Crippen MR) is 117 cm³/mol. The number of nitrogens with one attached hydrogen (secondary N) is 1. The maximum atomic E-state index is 12.6. The van der Waals surface area contributed by atoms with Crippen LogP contribution in [-0.4, -0.2) is 51.4 Å². The lowest BCUT2D eigenvalue weighted by atomic mass is 9.89. The van der Waals surface area contributed by atoms with Crippen LogP contribution in [0, 0.1) is 0 Å². The molecule has 2 aromatic rings. The van der Waals surface area contributed by atoms with E-state index in [1.165, 1.54) is 24.0 Å². The minimum Gasteiger partial charge on any atom is -0.349 e. The molecule has 1 aromatic heterocycles. The molecule has 0 atom stereocenters. The second kappa shape index (κ2) is 9.45. The van der Waals surface area contributed by atoms with Crippen LogP contribution < -0.4 is 5.32 Å². The van der Waals surface area contributed by atoms with Crippen LogP contribution in [0.25, 0.3) is 0 Å². The van der Waals surface area contributed by atoms with Crippen molar-refractivity contribution in [1.29, 1.82) is 0 Å². The van der Waals surface area contributed by atoms with Gasteiger partial charge in [0.05, 0.1) is 11.8 Å². The zero-order valence-corrected chi connectivity index (χ0v) is 18.1. The highest BCUT2D eigenvalue weighted by molar-refractivity contribution is 5.98. The van der Waals surface area contributed by atoms with E-state index < -0.39 is 0 Å². The SMILES string of the molecule is Cn1cc(C(=O)NC2CCN(C(=O)CCC(=O)c3ccc4c(c3)CCCC4)CC2)cn1. The van der Waals surface area contributed by atoms with Gasteiger partial charge in [0.25, 0.3) is 5.91 Å². The van der Waals surface area contributed by atoms with Crippen LogP contribution >= 0.6 is 0 Å². The fourth-order valence-corrected chi connectivity index (χ4v) is 4.51. The summed E-state index contributed by atoms with van der Waals surface area (Å²) in [6.45, 7) is 1.20. The molecule has 1 saturated heterocycles. The summed E-state index contributed by atoms with van der Waals surface area (Å²) in [7, 11) is 1.78. The molecular formula is C24H30N4O3. The maximum Gasteiger partial charge on any atom is 0.254 e. The Labute approximate surface area is 182 Å². The quantitative estimate of drug-likeness (QED) is 0.726. The molecule has 0 saturated carbocycles. The molecule has 4 rings (SSSR count). The Balaban J connectivity index is 1.22. The molecule has 7 nitrogen and oxygen atoms in total. The maximum absolute atomic E-state index is 12.6. The first kappa shape index (κ1) is 21.3. The number of Topliss-reactive ketones (excluding diaryl/α,β-unsaturated/α-hetero) is 1. The van der Waals surface area contributed by atoms with Gasteiger partial charge < -0.3 is 10.2 Å². The summed E-state index contributed by atoms with van der Waals surface area (Å²) in [6.07, 6.45) is 9.70. The molecule has 2 aliphatic rings. The van der Waals surface area contributed by atoms with Crippen LogP contribution in [0.5, 0.6) is 0 Å². The molecule has 0 radical (unpaired) electrons. The van der Waals surface area contributed by atoms with Crippen LogP contribution in [0.1, 0.15) is 70.4 Å². The minimum absolute atomic E-state index is 0.0170. The highest BCUT2D eigenvalue weighted by Gasteiger charge is 2.25. The fourth-order valence-electron chi connectivity index (χ4n) is 4.51. The first-order chi connectivity index (χ1) is 15.0. The summed E-state index contributed by atoms with van der Waals surface area (Å²) in [5, 5.41) is 7.04. The van der Waals surface area contributed by atoms with Crippen molar-refractivity contribution in [3.05, 3.63) is 52.8 Å². The van der Waals surface area contributed by atoms with Crippen LogP contribution in [0.2, 0.25) is 0 Å². The highest BCUT2D eigenvalue weighted by Crippen LogP contribution is 2.23. The number of carbonyl (C=O) groups excluding carboxylic acids is 3. The van der Waals surface area contributed by atoms with Gasteiger partial charge in [-0.05, 0) is 55.7 Å². The van der Waals surface area contributed by atoms with Gasteiger partial charge in [-0.25, -0.2) is 0 Å². The number of fused-ring (bicyclic) bond motifs is 1. The monoisotopic (exact) mass is 422 g/mol. The molecule has 164 valence electrons. The Morgan fingerprint density at radius 2 is 1.77 bits per heavy atom. The lowest BCUT2D eigenvalue weighted by molar-refractivity contribution is -0.132. The Morgan fingerprint density at radius 1 is 1.03 bits per heavy atom. The number of aryl methyl sites for hydroxylation is 3. The van der Waals surface area contributed by atoms with Gasteiger partial charge in [-0.15, -0.1) is 0 Å². The number of amides is 2. The van der Waals surface area contributed by atoms with Crippen molar-refractivity contribution in [3.63, 3.8) is 0 Å². The van der Waals surface area contributed by atoms with E-state index in [0.29, 0.717) is 18.7 Å². The Kier molecular flexibility index (Phi) is 6.49. The highest BCUT2D eigenvalue weighted by atomic mass is 16.2. The number of ketones is 1. The average Bonchev–Trinajstić information content (AvgIpc) is 3.24. The number of hydrogen-bond acceptors (Lipinski definition) is 4. The van der Waals surface area contributed by atoms with Crippen molar-refractivity contribution in [2.24, 2.45) is 7.05 Å². The summed E-state index contributed by atoms with van der Waals surface area (Å²) >= 11 is 0. The lowest BCUT2D eigenvalue weighted by Crippen LogP contribution is -2.46. The molecular weight excluding hydrogens is 392 g/mol. The zero-order valence-electron chi connectivity index (χ0n) is 18.1. The van der Waals surface area contributed by atoms with Gasteiger partial charge in [-0.1, -0.05) is 12.1 Å². The molecule has 7 heteroatoms. The molecule has 2 heterocycles. The third-order valence-electron chi connectivity index (χ3n) is 6.39. The van der Waals surface area contributed by atoms with E-state index in [-0.39, 0.29) is 36.5 Å². The largest absolute Gasteiger partial charge is 0.349 e. The minimum atomic E-state index is -0.131. The van der Waals surface area contributed by atoms with Gasteiger partial charge in [-0.3, -0.25) is 19.1 Å². The third-order valence-corrected chi connectivity index (χ3v) is 6.39. The summed E-state index contributed by atoms with van der Waals surface area (Å²) in [5.41, 5.74) is 3.92. The first-order valence-corrected chi connectivity index (χ1v) is 11.2. The van der Waals surface area contributed by atoms with E-state index in [1.807, 2.05) is 17.0 Å². The van der Waals surface area contributed by atoms with Crippen LogP contribution in [0.4, 0.5) is 0 Å². The smallest absolute Gasteiger partial charge is 0.254 e. The average molecular weight is 423 g/mol. The number of rotatable bonds is 6. The van der Waals surface area contributed by atoms with Crippen LogP contribution in [-0.2, 0) is 24.7 Å². The Bertz CT molecular complexity index is 973. The van der Waals surface area contributed by atoms with E-state index in [1.54, 1.807) is 24.1 Å². The van der Waals surface area contributed by atoms with Gasteiger partial charge in [0.2, 0.25) is 5.91 Å². The van der Waals surface area contributed by atoms with Gasteiger partial charge in [0.1, 0.15) is 0 Å². The predicted octanol–water partition coefficient (Wildman–Crippen LogP) is 2.68. The Morgan fingerprint density at radius 3 is 2.48 bits per heavy atom. The fraction of sp³-hybridized carbons (Fsp3) is 0.500. The van der Waals surface area contributed by atoms with Gasteiger partial charge >= 0.3 is 0 Å². The van der Waals surface area contributed by atoms with E-state index in [2.05, 4.69) is 16.5 Å². The van der Waals surface area contributed by atoms with Crippen molar-refractivity contribution < 1.29 is 14.4 Å². The van der Waals surface area contributed by atoms with Crippen LogP contribution in [0.3, 0.4) is 0 Å². The topological polar surface area (TPSA) is 84.3 Å². The summed E-state index contributed by atoms with van der Waals surface area (Å²) < 4.78 is 1.60.